The fourth-order valence-electron chi connectivity index (χ4n) is 3.58. The lowest BCUT2D eigenvalue weighted by Crippen LogP contribution is -2.28. The van der Waals surface area contributed by atoms with Crippen LogP contribution in [-0.4, -0.2) is 25.3 Å². The van der Waals surface area contributed by atoms with Crippen LogP contribution in [0.3, 0.4) is 0 Å². The van der Waals surface area contributed by atoms with Crippen molar-refractivity contribution in [3.05, 3.63) is 101 Å². The van der Waals surface area contributed by atoms with Crippen molar-refractivity contribution in [3.63, 3.8) is 0 Å². The normalized spacial score (nSPS) is 15.8. The molecule has 0 saturated carbocycles. The quantitative estimate of drug-likeness (QED) is 0.312. The summed E-state index contributed by atoms with van der Waals surface area (Å²) in [5.41, 5.74) is 3.34. The lowest BCUT2D eigenvalue weighted by atomic mass is 10.0. The van der Waals surface area contributed by atoms with Crippen molar-refractivity contribution in [1.82, 2.24) is 0 Å². The van der Waals surface area contributed by atoms with Gasteiger partial charge >= 0.3 is 0 Å². The minimum atomic E-state index is -0.124. The number of anilines is 1. The van der Waals surface area contributed by atoms with Crippen LogP contribution in [0.25, 0.3) is 6.08 Å². The summed E-state index contributed by atoms with van der Waals surface area (Å²) in [6, 6.07) is 23.0. The predicted molar refractivity (Wildman–Crippen MR) is 136 cm³/mol. The Labute approximate surface area is 198 Å². The number of carbonyl (C=O) groups is 1. The highest BCUT2D eigenvalue weighted by Gasteiger charge is 2.34. The molecule has 1 heterocycles. The molecule has 1 aliphatic rings. The molecule has 1 fully saturated rings. The molecule has 3 aromatic rings. The molecule has 0 atom stereocenters. The molecule has 3 aromatic carbocycles. The standard InChI is InChI=1S/C27H24N2O3S/c1-4-11-20-16-19(17-23(31-2)25(20)32-3)18-24-26(30)29(22-14-9-6-10-15-22)27(33-24)28-21-12-7-5-8-13-21/h4-10,12-18H,1,11H2,2-3H3/b24-18+,28-27?. The first kappa shape index (κ1) is 22.4. The molecule has 166 valence electrons. The number of benzene rings is 3. The summed E-state index contributed by atoms with van der Waals surface area (Å²) in [6.07, 6.45) is 4.30. The summed E-state index contributed by atoms with van der Waals surface area (Å²) in [5.74, 6) is 1.15. The van der Waals surface area contributed by atoms with Crippen molar-refractivity contribution < 1.29 is 14.3 Å². The van der Waals surface area contributed by atoms with Crippen LogP contribution < -0.4 is 14.4 Å². The highest BCUT2D eigenvalue weighted by atomic mass is 32.2. The first-order valence-corrected chi connectivity index (χ1v) is 11.2. The number of amidine groups is 1. The smallest absolute Gasteiger partial charge is 0.271 e. The van der Waals surface area contributed by atoms with Gasteiger partial charge in [-0.1, -0.05) is 42.5 Å². The van der Waals surface area contributed by atoms with Crippen LogP contribution in [0.15, 0.2) is 95.3 Å². The summed E-state index contributed by atoms with van der Waals surface area (Å²) in [4.78, 5) is 20.5. The number of rotatable bonds is 7. The Morgan fingerprint density at radius 3 is 2.33 bits per heavy atom. The van der Waals surface area contributed by atoms with Gasteiger partial charge in [0.25, 0.3) is 5.91 Å². The highest BCUT2D eigenvalue weighted by Crippen LogP contribution is 2.39. The third kappa shape index (κ3) is 4.86. The number of ether oxygens (including phenoxy) is 2. The van der Waals surface area contributed by atoms with Crippen LogP contribution in [0, 0.1) is 0 Å². The molecule has 1 amide bonds. The molecule has 4 rings (SSSR count). The molecule has 0 spiro atoms. The third-order valence-corrected chi connectivity index (χ3v) is 6.01. The van der Waals surface area contributed by atoms with Crippen LogP contribution in [0.4, 0.5) is 11.4 Å². The molecule has 6 heteroatoms. The Bertz CT molecular complexity index is 1220. The van der Waals surface area contributed by atoms with E-state index in [4.69, 9.17) is 14.5 Å². The van der Waals surface area contributed by atoms with E-state index in [1.165, 1.54) is 11.8 Å². The van der Waals surface area contributed by atoms with Crippen molar-refractivity contribution in [3.8, 4) is 11.5 Å². The number of amides is 1. The SMILES string of the molecule is C=CCc1cc(/C=C2/SC(=Nc3ccccc3)N(c3ccccc3)C2=O)cc(OC)c1OC. The summed E-state index contributed by atoms with van der Waals surface area (Å²) in [6.45, 7) is 3.83. The molecule has 5 nitrogen and oxygen atoms in total. The number of hydrogen-bond donors (Lipinski definition) is 0. The first-order chi connectivity index (χ1) is 16.1. The molecule has 0 aromatic heterocycles. The van der Waals surface area contributed by atoms with E-state index in [9.17, 15) is 4.79 Å². The lowest BCUT2D eigenvalue weighted by Gasteiger charge is -2.15. The molecule has 1 saturated heterocycles. The lowest BCUT2D eigenvalue weighted by molar-refractivity contribution is -0.113. The van der Waals surface area contributed by atoms with Gasteiger partial charge in [-0.15, -0.1) is 6.58 Å². The highest BCUT2D eigenvalue weighted by molar-refractivity contribution is 8.19. The number of carbonyl (C=O) groups excluding carboxylic acids is 1. The van der Waals surface area contributed by atoms with Crippen LogP contribution in [0.2, 0.25) is 0 Å². The molecule has 0 bridgehead atoms. The molecule has 0 radical (unpaired) electrons. The maximum Gasteiger partial charge on any atom is 0.271 e. The zero-order chi connectivity index (χ0) is 23.2. The fourth-order valence-corrected chi connectivity index (χ4v) is 4.58. The van der Waals surface area contributed by atoms with Gasteiger partial charge in [0.15, 0.2) is 16.7 Å². The van der Waals surface area contributed by atoms with Crippen molar-refractivity contribution in [1.29, 1.82) is 0 Å². The Kier molecular flexibility index (Phi) is 6.95. The van der Waals surface area contributed by atoms with Crippen molar-refractivity contribution in [2.24, 2.45) is 4.99 Å². The van der Waals surface area contributed by atoms with E-state index in [1.54, 1.807) is 19.1 Å². The van der Waals surface area contributed by atoms with Gasteiger partial charge in [-0.05, 0) is 66.2 Å². The number of hydrogen-bond acceptors (Lipinski definition) is 5. The van der Waals surface area contributed by atoms with E-state index in [0.717, 1.165) is 22.5 Å². The Balaban J connectivity index is 1.79. The van der Waals surface area contributed by atoms with Gasteiger partial charge in [0, 0.05) is 5.56 Å². The maximum atomic E-state index is 13.5. The summed E-state index contributed by atoms with van der Waals surface area (Å²) < 4.78 is 11.1. The first-order valence-electron chi connectivity index (χ1n) is 10.4. The number of methoxy groups -OCH3 is 2. The zero-order valence-corrected chi connectivity index (χ0v) is 19.3. The second-order valence-electron chi connectivity index (χ2n) is 7.23. The molecular formula is C27H24N2O3S. The van der Waals surface area contributed by atoms with Crippen molar-refractivity contribution in [2.45, 2.75) is 6.42 Å². The van der Waals surface area contributed by atoms with E-state index in [-0.39, 0.29) is 5.91 Å². The minimum Gasteiger partial charge on any atom is -0.493 e. The van der Waals surface area contributed by atoms with Crippen molar-refractivity contribution in [2.75, 3.05) is 19.1 Å². The fraction of sp³-hybridized carbons (Fsp3) is 0.111. The number of allylic oxidation sites excluding steroid dienone is 1. The number of aliphatic imine (C=N–C) groups is 1. The molecular weight excluding hydrogens is 432 g/mol. The van der Waals surface area contributed by atoms with E-state index in [1.807, 2.05) is 84.9 Å². The second-order valence-corrected chi connectivity index (χ2v) is 8.23. The van der Waals surface area contributed by atoms with Crippen LogP contribution in [0.1, 0.15) is 11.1 Å². The van der Waals surface area contributed by atoms with Gasteiger partial charge in [0.1, 0.15) is 0 Å². The van der Waals surface area contributed by atoms with Gasteiger partial charge in [0.2, 0.25) is 0 Å². The van der Waals surface area contributed by atoms with Gasteiger partial charge in [-0.3, -0.25) is 9.69 Å². The number of para-hydroxylation sites is 2. The largest absolute Gasteiger partial charge is 0.493 e. The molecule has 0 N–H and O–H groups in total. The molecule has 0 unspecified atom stereocenters. The van der Waals surface area contributed by atoms with E-state index < -0.39 is 0 Å². The van der Waals surface area contributed by atoms with Crippen molar-refractivity contribution >= 4 is 40.3 Å². The average molecular weight is 457 g/mol. The van der Waals surface area contributed by atoms with Gasteiger partial charge in [-0.2, -0.15) is 0 Å². The topological polar surface area (TPSA) is 51.1 Å². The van der Waals surface area contributed by atoms with Crippen LogP contribution >= 0.6 is 11.8 Å². The van der Waals surface area contributed by atoms with E-state index in [2.05, 4.69) is 6.58 Å². The monoisotopic (exact) mass is 456 g/mol. The van der Waals surface area contributed by atoms with Crippen LogP contribution in [-0.2, 0) is 11.2 Å². The van der Waals surface area contributed by atoms with E-state index >= 15 is 0 Å². The number of nitrogens with zero attached hydrogens (tertiary/aromatic N) is 2. The Morgan fingerprint density at radius 2 is 1.70 bits per heavy atom. The third-order valence-electron chi connectivity index (χ3n) is 5.04. The van der Waals surface area contributed by atoms with Gasteiger partial charge in [0.05, 0.1) is 30.5 Å². The Morgan fingerprint density at radius 1 is 1.00 bits per heavy atom. The molecule has 0 aliphatic carbocycles. The Hall–Kier alpha value is -3.77. The van der Waals surface area contributed by atoms with Gasteiger partial charge < -0.3 is 9.47 Å². The number of thioether (sulfide) groups is 1. The zero-order valence-electron chi connectivity index (χ0n) is 18.5. The summed E-state index contributed by atoms with van der Waals surface area (Å²) in [5, 5.41) is 0.607. The van der Waals surface area contributed by atoms with Gasteiger partial charge in [-0.25, -0.2) is 4.99 Å². The summed E-state index contributed by atoms with van der Waals surface area (Å²) in [7, 11) is 3.21. The van der Waals surface area contributed by atoms with E-state index in [0.29, 0.717) is 28.0 Å². The second kappa shape index (κ2) is 10.2. The summed E-state index contributed by atoms with van der Waals surface area (Å²) >= 11 is 1.35. The predicted octanol–water partition coefficient (Wildman–Crippen LogP) is 6.24. The molecule has 1 aliphatic heterocycles. The maximum absolute atomic E-state index is 13.5. The average Bonchev–Trinajstić information content (AvgIpc) is 3.14. The minimum absolute atomic E-state index is 0.124. The molecule has 33 heavy (non-hydrogen) atoms. The van der Waals surface area contributed by atoms with Crippen LogP contribution in [0.5, 0.6) is 11.5 Å².